The Labute approximate surface area is 87.9 Å². The molecule has 0 aromatic carbocycles. The lowest BCUT2D eigenvalue weighted by Crippen LogP contribution is -2.42. The maximum atomic E-state index is 12.0. The molecule has 0 radical (unpaired) electrons. The molecular formula is C9H15N5O. The molecule has 3 N–H and O–H groups in total. The molecule has 0 bridgehead atoms. The van der Waals surface area contributed by atoms with E-state index in [0.717, 1.165) is 19.4 Å². The number of H-pyrrole nitrogens is 1. The van der Waals surface area contributed by atoms with Crippen LogP contribution in [0.15, 0.2) is 0 Å². The Balaban J connectivity index is 2.13. The number of nitrogens with two attached hydrogens (primary N) is 1. The first-order valence-electron chi connectivity index (χ1n) is 5.17. The Morgan fingerprint density at radius 1 is 1.60 bits per heavy atom. The maximum Gasteiger partial charge on any atom is 0.291 e. The molecular weight excluding hydrogens is 194 g/mol. The molecule has 1 atom stereocenters. The molecule has 0 spiro atoms. The normalized spacial score (nSPS) is 21.7. The zero-order chi connectivity index (χ0) is 10.8. The maximum absolute atomic E-state index is 12.0. The van der Waals surface area contributed by atoms with E-state index < -0.39 is 0 Å². The Morgan fingerprint density at radius 3 is 3.00 bits per heavy atom. The molecule has 2 heterocycles. The van der Waals surface area contributed by atoms with E-state index in [0.29, 0.717) is 0 Å². The van der Waals surface area contributed by atoms with Gasteiger partial charge in [0.15, 0.2) is 0 Å². The van der Waals surface area contributed by atoms with Gasteiger partial charge in [0.05, 0.1) is 0 Å². The van der Waals surface area contributed by atoms with Crippen LogP contribution in [0.1, 0.15) is 36.8 Å². The van der Waals surface area contributed by atoms with Crippen molar-refractivity contribution in [2.24, 2.45) is 0 Å². The van der Waals surface area contributed by atoms with E-state index >= 15 is 0 Å². The summed E-state index contributed by atoms with van der Waals surface area (Å²) in [4.78, 5) is 17.6. The number of carbonyl (C=O) groups is 1. The standard InChI is InChI=1S/C9H15N5O/c1-6-4-2-3-5-14(6)8(15)7-11-9(10)13-12-7/h6H,2-5H2,1H3,(H3,10,11,12,13). The molecule has 6 nitrogen and oxygen atoms in total. The third-order valence-electron chi connectivity index (χ3n) is 2.77. The number of likely N-dealkylation sites (tertiary alicyclic amines) is 1. The zero-order valence-corrected chi connectivity index (χ0v) is 8.73. The summed E-state index contributed by atoms with van der Waals surface area (Å²) in [7, 11) is 0. The minimum absolute atomic E-state index is 0.105. The number of nitrogens with zero attached hydrogens (tertiary/aromatic N) is 3. The second kappa shape index (κ2) is 3.88. The molecule has 1 amide bonds. The van der Waals surface area contributed by atoms with Crippen LogP contribution in [0, 0.1) is 0 Å². The Hall–Kier alpha value is -1.59. The van der Waals surface area contributed by atoms with E-state index in [1.54, 1.807) is 0 Å². The molecule has 1 aliphatic heterocycles. The van der Waals surface area contributed by atoms with Crippen molar-refractivity contribution in [3.8, 4) is 0 Å². The van der Waals surface area contributed by atoms with Crippen molar-refractivity contribution in [2.45, 2.75) is 32.2 Å². The molecule has 1 unspecified atom stereocenters. The van der Waals surface area contributed by atoms with Gasteiger partial charge in [-0.05, 0) is 26.2 Å². The van der Waals surface area contributed by atoms with Crippen LogP contribution >= 0.6 is 0 Å². The summed E-state index contributed by atoms with van der Waals surface area (Å²) in [6, 6.07) is 0.276. The predicted molar refractivity (Wildman–Crippen MR) is 55.1 cm³/mol. The van der Waals surface area contributed by atoms with Gasteiger partial charge in [0.1, 0.15) is 0 Å². The molecule has 6 heteroatoms. The lowest BCUT2D eigenvalue weighted by molar-refractivity contribution is 0.0623. The van der Waals surface area contributed by atoms with E-state index in [4.69, 9.17) is 5.73 Å². The summed E-state index contributed by atoms with van der Waals surface area (Å²) in [6.45, 7) is 2.84. The summed E-state index contributed by atoms with van der Waals surface area (Å²) in [5, 5.41) is 6.20. The number of piperidine rings is 1. The second-order valence-electron chi connectivity index (χ2n) is 3.89. The molecule has 1 aromatic rings. The molecule has 0 saturated carbocycles. The average Bonchev–Trinajstić information content (AvgIpc) is 2.65. The van der Waals surface area contributed by atoms with Crippen LogP contribution in [0.2, 0.25) is 0 Å². The topological polar surface area (TPSA) is 87.9 Å². The molecule has 15 heavy (non-hydrogen) atoms. The number of nitrogen functional groups attached to an aromatic ring is 1. The number of hydrogen-bond donors (Lipinski definition) is 2. The third-order valence-corrected chi connectivity index (χ3v) is 2.77. The smallest absolute Gasteiger partial charge is 0.291 e. The molecule has 0 aliphatic carbocycles. The molecule has 82 valence electrons. The summed E-state index contributed by atoms with van der Waals surface area (Å²) in [5.74, 6) is 0.246. The van der Waals surface area contributed by atoms with E-state index in [2.05, 4.69) is 22.1 Å². The molecule has 1 saturated heterocycles. The Morgan fingerprint density at radius 2 is 2.40 bits per heavy atom. The lowest BCUT2D eigenvalue weighted by atomic mass is 10.0. The molecule has 1 fully saturated rings. The van der Waals surface area contributed by atoms with Crippen LogP contribution in [0.5, 0.6) is 0 Å². The van der Waals surface area contributed by atoms with Gasteiger partial charge in [0.25, 0.3) is 5.91 Å². The van der Waals surface area contributed by atoms with Crippen LogP contribution in [-0.4, -0.2) is 38.6 Å². The van der Waals surface area contributed by atoms with Gasteiger partial charge in [0, 0.05) is 12.6 Å². The van der Waals surface area contributed by atoms with Crippen molar-refractivity contribution in [3.63, 3.8) is 0 Å². The zero-order valence-electron chi connectivity index (χ0n) is 8.73. The summed E-state index contributed by atoms with van der Waals surface area (Å²) >= 11 is 0. The van der Waals surface area contributed by atoms with Gasteiger partial charge >= 0.3 is 0 Å². The first-order valence-corrected chi connectivity index (χ1v) is 5.17. The number of rotatable bonds is 1. The Kier molecular flexibility index (Phi) is 2.57. The van der Waals surface area contributed by atoms with E-state index in [1.807, 2.05) is 4.90 Å². The minimum atomic E-state index is -0.105. The number of aromatic nitrogens is 3. The van der Waals surface area contributed by atoms with Gasteiger partial charge in [-0.15, -0.1) is 5.10 Å². The molecule has 2 rings (SSSR count). The van der Waals surface area contributed by atoms with Crippen LogP contribution < -0.4 is 5.73 Å². The Bertz CT molecular complexity index is 361. The SMILES string of the molecule is CC1CCCCN1C(=O)c1nc(N)n[nH]1. The van der Waals surface area contributed by atoms with Gasteiger partial charge in [-0.1, -0.05) is 0 Å². The molecule has 1 aromatic heterocycles. The fraction of sp³-hybridized carbons (Fsp3) is 0.667. The van der Waals surface area contributed by atoms with Crippen LogP contribution in [0.3, 0.4) is 0 Å². The third kappa shape index (κ3) is 1.93. The van der Waals surface area contributed by atoms with Crippen LogP contribution in [0.4, 0.5) is 5.95 Å². The van der Waals surface area contributed by atoms with Crippen molar-refractivity contribution in [1.82, 2.24) is 20.1 Å². The summed E-state index contributed by atoms with van der Waals surface area (Å²) in [6.07, 6.45) is 3.29. The number of aromatic amines is 1. The minimum Gasteiger partial charge on any atom is -0.366 e. The van der Waals surface area contributed by atoms with Gasteiger partial charge in [-0.2, -0.15) is 4.98 Å². The van der Waals surface area contributed by atoms with Gasteiger partial charge in [-0.3, -0.25) is 9.89 Å². The van der Waals surface area contributed by atoms with Crippen molar-refractivity contribution < 1.29 is 4.79 Å². The van der Waals surface area contributed by atoms with Crippen molar-refractivity contribution in [3.05, 3.63) is 5.82 Å². The van der Waals surface area contributed by atoms with Gasteiger partial charge < -0.3 is 10.6 Å². The highest BCUT2D eigenvalue weighted by molar-refractivity contribution is 5.90. The second-order valence-corrected chi connectivity index (χ2v) is 3.89. The fourth-order valence-corrected chi connectivity index (χ4v) is 1.91. The largest absolute Gasteiger partial charge is 0.366 e. The first-order chi connectivity index (χ1) is 7.18. The highest BCUT2D eigenvalue weighted by atomic mass is 16.2. The summed E-state index contributed by atoms with van der Waals surface area (Å²) < 4.78 is 0. The first kappa shape index (κ1) is 9.95. The van der Waals surface area contributed by atoms with Crippen LogP contribution in [-0.2, 0) is 0 Å². The van der Waals surface area contributed by atoms with Crippen LogP contribution in [0.25, 0.3) is 0 Å². The number of amides is 1. The van der Waals surface area contributed by atoms with E-state index in [9.17, 15) is 4.79 Å². The summed E-state index contributed by atoms with van der Waals surface area (Å²) in [5.41, 5.74) is 5.36. The lowest BCUT2D eigenvalue weighted by Gasteiger charge is -2.32. The number of carbonyl (C=O) groups excluding carboxylic acids is 1. The van der Waals surface area contributed by atoms with Crippen molar-refractivity contribution >= 4 is 11.9 Å². The van der Waals surface area contributed by atoms with Gasteiger partial charge in [0.2, 0.25) is 11.8 Å². The average molecular weight is 209 g/mol. The highest BCUT2D eigenvalue weighted by Gasteiger charge is 2.26. The highest BCUT2D eigenvalue weighted by Crippen LogP contribution is 2.17. The van der Waals surface area contributed by atoms with Crippen molar-refractivity contribution in [2.75, 3.05) is 12.3 Å². The van der Waals surface area contributed by atoms with E-state index in [-0.39, 0.29) is 23.7 Å². The number of anilines is 1. The predicted octanol–water partition coefficient (Wildman–Crippen LogP) is 0.401. The van der Waals surface area contributed by atoms with E-state index in [1.165, 1.54) is 6.42 Å². The van der Waals surface area contributed by atoms with Crippen molar-refractivity contribution in [1.29, 1.82) is 0 Å². The quantitative estimate of drug-likeness (QED) is 0.700. The monoisotopic (exact) mass is 209 g/mol. The van der Waals surface area contributed by atoms with Gasteiger partial charge in [-0.25, -0.2) is 0 Å². The molecule has 1 aliphatic rings. The number of hydrogen-bond acceptors (Lipinski definition) is 4. The number of nitrogens with one attached hydrogen (secondary N) is 1. The fourth-order valence-electron chi connectivity index (χ4n) is 1.91.